The second kappa shape index (κ2) is 7.88. The summed E-state index contributed by atoms with van der Waals surface area (Å²) in [6, 6.07) is 7.52. The minimum Gasteiger partial charge on any atom is -0.388 e. The first-order valence-electron chi connectivity index (χ1n) is 7.41. The molecule has 2 rings (SSSR count). The summed E-state index contributed by atoms with van der Waals surface area (Å²) < 4.78 is 0. The number of hydrogen-bond acceptors (Lipinski definition) is 2. The lowest BCUT2D eigenvalue weighted by molar-refractivity contribution is 0.138. The van der Waals surface area contributed by atoms with Gasteiger partial charge in [-0.1, -0.05) is 43.0 Å². The van der Waals surface area contributed by atoms with Gasteiger partial charge in [0, 0.05) is 11.6 Å². The molecule has 0 radical (unpaired) electrons. The highest BCUT2D eigenvalue weighted by molar-refractivity contribution is 6.30. The van der Waals surface area contributed by atoms with Gasteiger partial charge in [-0.25, -0.2) is 0 Å². The fourth-order valence-corrected chi connectivity index (χ4v) is 2.82. The second-order valence-corrected chi connectivity index (χ2v) is 5.90. The van der Waals surface area contributed by atoms with Crippen molar-refractivity contribution in [1.82, 2.24) is 4.90 Å². The van der Waals surface area contributed by atoms with E-state index in [-0.39, 0.29) is 6.10 Å². The van der Waals surface area contributed by atoms with Crippen molar-refractivity contribution in [2.45, 2.75) is 44.6 Å². The van der Waals surface area contributed by atoms with Crippen LogP contribution in [-0.2, 0) is 0 Å². The van der Waals surface area contributed by atoms with E-state index >= 15 is 0 Å². The zero-order valence-corrected chi connectivity index (χ0v) is 12.3. The average Bonchev–Trinajstić information content (AvgIpc) is 2.38. The number of aliphatic hydroxyl groups is 1. The summed E-state index contributed by atoms with van der Waals surface area (Å²) in [5, 5.41) is 10.9. The quantitative estimate of drug-likeness (QED) is 0.901. The van der Waals surface area contributed by atoms with Crippen molar-refractivity contribution in [3.05, 3.63) is 34.9 Å². The summed E-state index contributed by atoms with van der Waals surface area (Å²) >= 11 is 5.86. The van der Waals surface area contributed by atoms with E-state index in [9.17, 15) is 5.11 Å². The normalized spacial score (nSPS) is 19.7. The fourth-order valence-electron chi connectivity index (χ4n) is 2.69. The number of rotatable bonds is 4. The molecule has 0 aliphatic carbocycles. The number of nitrogens with zero attached hydrogens (tertiary/aromatic N) is 1. The van der Waals surface area contributed by atoms with Crippen molar-refractivity contribution >= 4 is 11.6 Å². The van der Waals surface area contributed by atoms with Gasteiger partial charge in [0.25, 0.3) is 0 Å². The second-order valence-electron chi connectivity index (χ2n) is 5.47. The number of likely N-dealkylation sites (tertiary alicyclic amines) is 1. The van der Waals surface area contributed by atoms with E-state index in [0.29, 0.717) is 0 Å². The van der Waals surface area contributed by atoms with Gasteiger partial charge in [0.05, 0.1) is 6.10 Å². The first-order chi connectivity index (χ1) is 9.25. The molecular formula is C16H24ClNO. The van der Waals surface area contributed by atoms with Crippen LogP contribution >= 0.6 is 11.6 Å². The third kappa shape index (κ3) is 5.13. The van der Waals surface area contributed by atoms with E-state index in [0.717, 1.165) is 23.6 Å². The summed E-state index contributed by atoms with van der Waals surface area (Å²) in [7, 11) is 0. The van der Waals surface area contributed by atoms with Crippen LogP contribution in [0.3, 0.4) is 0 Å². The predicted molar refractivity (Wildman–Crippen MR) is 80.6 cm³/mol. The summed E-state index contributed by atoms with van der Waals surface area (Å²) in [6.07, 6.45) is 7.14. The topological polar surface area (TPSA) is 23.5 Å². The monoisotopic (exact) mass is 281 g/mol. The van der Waals surface area contributed by atoms with Gasteiger partial charge in [0.2, 0.25) is 0 Å². The van der Waals surface area contributed by atoms with Crippen LogP contribution < -0.4 is 0 Å². The molecule has 106 valence electrons. The Labute approximate surface area is 121 Å². The molecule has 1 saturated heterocycles. The molecule has 1 aliphatic rings. The van der Waals surface area contributed by atoms with Crippen LogP contribution in [0.1, 0.15) is 50.2 Å². The van der Waals surface area contributed by atoms with Gasteiger partial charge in [-0.3, -0.25) is 0 Å². The molecule has 1 fully saturated rings. The van der Waals surface area contributed by atoms with Crippen LogP contribution in [0.4, 0.5) is 0 Å². The lowest BCUT2D eigenvalue weighted by Crippen LogP contribution is -2.29. The van der Waals surface area contributed by atoms with Gasteiger partial charge in [-0.05, 0) is 50.0 Å². The Hall–Kier alpha value is -0.570. The molecule has 0 bridgehead atoms. The Morgan fingerprint density at radius 2 is 1.58 bits per heavy atom. The van der Waals surface area contributed by atoms with E-state index in [2.05, 4.69) is 4.90 Å². The molecule has 1 unspecified atom stereocenters. The highest BCUT2D eigenvalue weighted by Gasteiger charge is 2.12. The maximum atomic E-state index is 10.2. The van der Waals surface area contributed by atoms with Gasteiger partial charge < -0.3 is 10.0 Å². The Balaban J connectivity index is 1.78. The molecule has 1 N–H and O–H groups in total. The lowest BCUT2D eigenvalue weighted by atomic mass is 10.1. The number of halogens is 1. The molecule has 0 aromatic heterocycles. The molecule has 3 heteroatoms. The summed E-state index contributed by atoms with van der Waals surface area (Å²) in [5.41, 5.74) is 0.969. The largest absolute Gasteiger partial charge is 0.388 e. The molecule has 1 aromatic rings. The molecule has 1 atom stereocenters. The average molecular weight is 282 g/mol. The SMILES string of the molecule is OC(CCN1CCCCCCC1)c1ccc(Cl)cc1. The Kier molecular flexibility index (Phi) is 6.15. The van der Waals surface area contributed by atoms with Gasteiger partial charge in [0.15, 0.2) is 0 Å². The molecule has 1 heterocycles. The Bertz CT molecular complexity index is 358. The molecule has 2 nitrogen and oxygen atoms in total. The number of hydrogen-bond donors (Lipinski definition) is 1. The van der Waals surface area contributed by atoms with E-state index < -0.39 is 0 Å². The molecule has 0 spiro atoms. The van der Waals surface area contributed by atoms with E-state index in [4.69, 9.17) is 11.6 Å². The first-order valence-corrected chi connectivity index (χ1v) is 7.79. The number of aliphatic hydroxyl groups excluding tert-OH is 1. The van der Waals surface area contributed by atoms with E-state index in [1.807, 2.05) is 24.3 Å². The predicted octanol–water partition coefficient (Wildman–Crippen LogP) is 4.03. The van der Waals surface area contributed by atoms with Gasteiger partial charge >= 0.3 is 0 Å². The Morgan fingerprint density at radius 3 is 2.21 bits per heavy atom. The molecule has 0 saturated carbocycles. The maximum Gasteiger partial charge on any atom is 0.0802 e. The summed E-state index contributed by atoms with van der Waals surface area (Å²) in [5.74, 6) is 0. The molecular weight excluding hydrogens is 258 g/mol. The van der Waals surface area contributed by atoms with Crippen LogP contribution in [0.15, 0.2) is 24.3 Å². The van der Waals surface area contributed by atoms with Crippen LogP contribution in [-0.4, -0.2) is 29.6 Å². The summed E-state index contributed by atoms with van der Waals surface area (Å²) in [6.45, 7) is 3.37. The van der Waals surface area contributed by atoms with Crippen molar-refractivity contribution in [3.8, 4) is 0 Å². The molecule has 19 heavy (non-hydrogen) atoms. The maximum absolute atomic E-state index is 10.2. The Morgan fingerprint density at radius 1 is 1.00 bits per heavy atom. The van der Waals surface area contributed by atoms with Gasteiger partial charge in [-0.2, -0.15) is 0 Å². The van der Waals surface area contributed by atoms with Crippen molar-refractivity contribution in [2.24, 2.45) is 0 Å². The minimum atomic E-state index is -0.372. The minimum absolute atomic E-state index is 0.372. The number of benzene rings is 1. The smallest absolute Gasteiger partial charge is 0.0802 e. The van der Waals surface area contributed by atoms with Gasteiger partial charge in [-0.15, -0.1) is 0 Å². The molecule has 1 aromatic carbocycles. The highest BCUT2D eigenvalue weighted by atomic mass is 35.5. The van der Waals surface area contributed by atoms with Crippen molar-refractivity contribution in [2.75, 3.05) is 19.6 Å². The zero-order valence-electron chi connectivity index (χ0n) is 11.5. The lowest BCUT2D eigenvalue weighted by Gasteiger charge is -2.25. The first kappa shape index (κ1) is 14.8. The molecule has 0 amide bonds. The fraction of sp³-hybridized carbons (Fsp3) is 0.625. The van der Waals surface area contributed by atoms with Crippen LogP contribution in [0.2, 0.25) is 5.02 Å². The van der Waals surface area contributed by atoms with Crippen LogP contribution in [0.25, 0.3) is 0 Å². The third-order valence-electron chi connectivity index (χ3n) is 3.92. The standard InChI is InChI=1S/C16H24ClNO/c17-15-8-6-14(7-9-15)16(19)10-13-18-11-4-2-1-3-5-12-18/h6-9,16,19H,1-5,10-13H2. The van der Waals surface area contributed by atoms with Crippen molar-refractivity contribution in [3.63, 3.8) is 0 Å². The molecule has 1 aliphatic heterocycles. The zero-order chi connectivity index (χ0) is 13.5. The van der Waals surface area contributed by atoms with Crippen LogP contribution in [0, 0.1) is 0 Å². The van der Waals surface area contributed by atoms with E-state index in [1.54, 1.807) is 0 Å². The van der Waals surface area contributed by atoms with Gasteiger partial charge in [0.1, 0.15) is 0 Å². The highest BCUT2D eigenvalue weighted by Crippen LogP contribution is 2.20. The summed E-state index contributed by atoms with van der Waals surface area (Å²) in [4.78, 5) is 2.50. The van der Waals surface area contributed by atoms with Crippen molar-refractivity contribution < 1.29 is 5.11 Å². The van der Waals surface area contributed by atoms with E-state index in [1.165, 1.54) is 45.2 Å². The van der Waals surface area contributed by atoms with Crippen LogP contribution in [0.5, 0.6) is 0 Å². The third-order valence-corrected chi connectivity index (χ3v) is 4.17. The van der Waals surface area contributed by atoms with Crippen molar-refractivity contribution in [1.29, 1.82) is 0 Å².